The maximum atomic E-state index is 9.71. The van der Waals surface area contributed by atoms with Crippen molar-refractivity contribution in [1.29, 1.82) is 0 Å². The lowest BCUT2D eigenvalue weighted by Gasteiger charge is -2.25. The lowest BCUT2D eigenvalue weighted by atomic mass is 9.86. The lowest BCUT2D eigenvalue weighted by Crippen LogP contribution is -2.41. The summed E-state index contributed by atoms with van der Waals surface area (Å²) in [5.74, 6) is 0. The highest BCUT2D eigenvalue weighted by molar-refractivity contribution is 8.08. The number of thioether (sulfide) groups is 1. The van der Waals surface area contributed by atoms with Gasteiger partial charge in [-0.25, -0.2) is 0 Å². The SMILES string of the molecule is NC1(O)C=CC2(c3ccccc3)SC2C1. The molecule has 1 fully saturated rings. The molecule has 78 valence electrons. The number of hydrogen-bond donors (Lipinski definition) is 2. The topological polar surface area (TPSA) is 46.2 Å². The van der Waals surface area contributed by atoms with Crippen molar-refractivity contribution in [1.82, 2.24) is 0 Å². The van der Waals surface area contributed by atoms with Gasteiger partial charge in [-0.05, 0) is 11.6 Å². The molecule has 3 unspecified atom stereocenters. The summed E-state index contributed by atoms with van der Waals surface area (Å²) in [6, 6.07) is 10.4. The molecule has 3 heteroatoms. The molecule has 3 N–H and O–H groups in total. The Morgan fingerprint density at radius 2 is 2.00 bits per heavy atom. The highest BCUT2D eigenvalue weighted by Gasteiger charge is 2.58. The van der Waals surface area contributed by atoms with Gasteiger partial charge in [-0.15, -0.1) is 11.8 Å². The fraction of sp³-hybridized carbons (Fsp3) is 0.333. The van der Waals surface area contributed by atoms with Gasteiger partial charge in [0.1, 0.15) is 5.72 Å². The molecule has 0 bridgehead atoms. The minimum absolute atomic E-state index is 0.0901. The van der Waals surface area contributed by atoms with Crippen LogP contribution >= 0.6 is 11.8 Å². The van der Waals surface area contributed by atoms with Crippen molar-refractivity contribution >= 4 is 11.8 Å². The van der Waals surface area contributed by atoms with E-state index in [1.165, 1.54) is 5.56 Å². The van der Waals surface area contributed by atoms with Crippen molar-refractivity contribution in [2.45, 2.75) is 22.1 Å². The molecular weight excluding hydrogens is 206 g/mol. The van der Waals surface area contributed by atoms with E-state index in [2.05, 4.69) is 30.3 Å². The van der Waals surface area contributed by atoms with Crippen molar-refractivity contribution in [2.75, 3.05) is 0 Å². The molecule has 1 aliphatic heterocycles. The van der Waals surface area contributed by atoms with Crippen LogP contribution in [0.1, 0.15) is 12.0 Å². The average molecular weight is 219 g/mol. The summed E-state index contributed by atoms with van der Waals surface area (Å²) in [6.45, 7) is 0. The minimum Gasteiger partial charge on any atom is -0.372 e. The quantitative estimate of drug-likeness (QED) is 0.428. The molecule has 3 atom stereocenters. The number of benzene rings is 1. The highest BCUT2D eigenvalue weighted by atomic mass is 32.2. The minimum atomic E-state index is -1.10. The second-order valence-electron chi connectivity index (χ2n) is 4.29. The Hall–Kier alpha value is -0.770. The van der Waals surface area contributed by atoms with Crippen molar-refractivity contribution in [3.8, 4) is 0 Å². The third-order valence-corrected chi connectivity index (χ3v) is 4.73. The van der Waals surface area contributed by atoms with Gasteiger partial charge in [-0.1, -0.05) is 36.4 Å². The second kappa shape index (κ2) is 2.88. The van der Waals surface area contributed by atoms with E-state index in [0.717, 1.165) is 0 Å². The molecule has 1 heterocycles. The first kappa shape index (κ1) is 9.46. The van der Waals surface area contributed by atoms with Gasteiger partial charge in [0.05, 0.1) is 4.75 Å². The Bertz CT molecular complexity index is 415. The monoisotopic (exact) mass is 219 g/mol. The molecule has 0 aromatic heterocycles. The van der Waals surface area contributed by atoms with Crippen LogP contribution in [0.25, 0.3) is 0 Å². The number of nitrogens with two attached hydrogens (primary N) is 1. The Balaban J connectivity index is 1.98. The second-order valence-corrected chi connectivity index (χ2v) is 5.77. The van der Waals surface area contributed by atoms with Gasteiger partial charge >= 0.3 is 0 Å². The normalized spacial score (nSPS) is 42.4. The molecule has 0 saturated carbocycles. The molecule has 1 aliphatic carbocycles. The van der Waals surface area contributed by atoms with Crippen LogP contribution < -0.4 is 5.73 Å². The van der Waals surface area contributed by atoms with Gasteiger partial charge in [0, 0.05) is 11.7 Å². The summed E-state index contributed by atoms with van der Waals surface area (Å²) in [4.78, 5) is 0. The smallest absolute Gasteiger partial charge is 0.133 e. The van der Waals surface area contributed by atoms with Gasteiger partial charge in [0.2, 0.25) is 0 Å². The summed E-state index contributed by atoms with van der Waals surface area (Å²) >= 11 is 1.88. The van der Waals surface area contributed by atoms with E-state index in [-0.39, 0.29) is 4.75 Å². The lowest BCUT2D eigenvalue weighted by molar-refractivity contribution is 0.0843. The van der Waals surface area contributed by atoms with Gasteiger partial charge in [-0.3, -0.25) is 0 Å². The Morgan fingerprint density at radius 3 is 2.67 bits per heavy atom. The van der Waals surface area contributed by atoms with E-state index in [1.807, 2.05) is 17.8 Å². The van der Waals surface area contributed by atoms with Crippen LogP contribution in [0.3, 0.4) is 0 Å². The van der Waals surface area contributed by atoms with Crippen molar-refractivity contribution in [3.63, 3.8) is 0 Å². The van der Waals surface area contributed by atoms with Crippen molar-refractivity contribution in [3.05, 3.63) is 48.0 Å². The molecule has 1 saturated heterocycles. The molecular formula is C12H13NOS. The Kier molecular flexibility index (Phi) is 1.81. The summed E-state index contributed by atoms with van der Waals surface area (Å²) < 4.78 is 0.0901. The third-order valence-electron chi connectivity index (χ3n) is 3.12. The number of fused-ring (bicyclic) bond motifs is 1. The van der Waals surface area contributed by atoms with E-state index < -0.39 is 5.72 Å². The highest BCUT2D eigenvalue weighted by Crippen LogP contribution is 2.66. The van der Waals surface area contributed by atoms with Crippen LogP contribution in [-0.4, -0.2) is 16.1 Å². The summed E-state index contributed by atoms with van der Waals surface area (Å²) in [6.07, 6.45) is 4.43. The van der Waals surface area contributed by atoms with Crippen LogP contribution in [-0.2, 0) is 4.75 Å². The summed E-state index contributed by atoms with van der Waals surface area (Å²) in [7, 11) is 0. The standard InChI is InChI=1S/C12H13NOS/c13-11(14)6-7-12(10(8-11)15-12)9-4-2-1-3-5-9/h1-7,10,14H,8,13H2. The largest absolute Gasteiger partial charge is 0.372 e. The van der Waals surface area contributed by atoms with E-state index >= 15 is 0 Å². The zero-order valence-corrected chi connectivity index (χ0v) is 9.08. The number of hydrogen-bond acceptors (Lipinski definition) is 3. The fourth-order valence-corrected chi connectivity index (χ4v) is 3.69. The molecule has 1 aromatic carbocycles. The average Bonchev–Trinajstić information content (AvgIpc) is 2.92. The molecule has 0 spiro atoms. The molecule has 0 radical (unpaired) electrons. The molecule has 1 aromatic rings. The van der Waals surface area contributed by atoms with E-state index in [4.69, 9.17) is 5.73 Å². The van der Waals surface area contributed by atoms with Gasteiger partial charge < -0.3 is 10.8 Å². The van der Waals surface area contributed by atoms with Crippen LogP contribution in [0.2, 0.25) is 0 Å². The van der Waals surface area contributed by atoms with E-state index in [9.17, 15) is 5.11 Å². The van der Waals surface area contributed by atoms with E-state index in [0.29, 0.717) is 11.7 Å². The number of aliphatic hydroxyl groups is 1. The molecule has 15 heavy (non-hydrogen) atoms. The predicted octanol–water partition coefficient (Wildman–Crippen LogP) is 1.60. The fourth-order valence-electron chi connectivity index (χ4n) is 2.22. The van der Waals surface area contributed by atoms with Gasteiger partial charge in [0.25, 0.3) is 0 Å². The predicted molar refractivity (Wildman–Crippen MR) is 62.4 cm³/mol. The summed E-state index contributed by atoms with van der Waals surface area (Å²) in [5.41, 5.74) is 5.89. The van der Waals surface area contributed by atoms with Crippen LogP contribution in [0, 0.1) is 0 Å². The van der Waals surface area contributed by atoms with Crippen LogP contribution in [0.5, 0.6) is 0 Å². The van der Waals surface area contributed by atoms with Gasteiger partial charge in [0.15, 0.2) is 0 Å². The molecule has 2 aliphatic rings. The van der Waals surface area contributed by atoms with Crippen molar-refractivity contribution < 1.29 is 5.11 Å². The first-order valence-corrected chi connectivity index (χ1v) is 5.95. The summed E-state index contributed by atoms with van der Waals surface area (Å²) in [5, 5.41) is 10.1. The first-order chi connectivity index (χ1) is 7.12. The first-order valence-electron chi connectivity index (χ1n) is 5.07. The third kappa shape index (κ3) is 1.42. The maximum absolute atomic E-state index is 9.71. The molecule has 3 rings (SSSR count). The van der Waals surface area contributed by atoms with Crippen molar-refractivity contribution in [2.24, 2.45) is 5.73 Å². The maximum Gasteiger partial charge on any atom is 0.133 e. The molecule has 0 amide bonds. The number of rotatable bonds is 1. The van der Waals surface area contributed by atoms with Gasteiger partial charge in [-0.2, -0.15) is 0 Å². The van der Waals surface area contributed by atoms with Crippen LogP contribution in [0.15, 0.2) is 42.5 Å². The van der Waals surface area contributed by atoms with E-state index in [1.54, 1.807) is 6.08 Å². The zero-order chi connectivity index (χ0) is 10.5. The Labute approximate surface area is 93.2 Å². The zero-order valence-electron chi connectivity index (χ0n) is 8.26. The molecule has 2 nitrogen and oxygen atoms in total. The Morgan fingerprint density at radius 1 is 1.27 bits per heavy atom. The van der Waals surface area contributed by atoms with Crippen LogP contribution in [0.4, 0.5) is 0 Å².